The Balaban J connectivity index is 2.75. The molecule has 0 aromatic carbocycles. The molecule has 0 aliphatic heterocycles. The van der Waals surface area contributed by atoms with Gasteiger partial charge in [-0.3, -0.25) is 4.68 Å². The summed E-state index contributed by atoms with van der Waals surface area (Å²) in [5, 5.41) is 14.7. The van der Waals surface area contributed by atoms with Crippen LogP contribution in [0.3, 0.4) is 0 Å². The van der Waals surface area contributed by atoms with Crippen molar-refractivity contribution in [1.82, 2.24) is 9.78 Å². The molecule has 3 nitrogen and oxygen atoms in total. The zero-order valence-electron chi connectivity index (χ0n) is 9.95. The number of thioether (sulfide) groups is 1. The van der Waals surface area contributed by atoms with Gasteiger partial charge in [-0.05, 0) is 12.8 Å². The molecule has 0 saturated carbocycles. The van der Waals surface area contributed by atoms with Crippen LogP contribution in [0.15, 0.2) is 5.03 Å². The van der Waals surface area contributed by atoms with Gasteiger partial charge in [0.1, 0.15) is 0 Å². The first-order chi connectivity index (χ1) is 7.10. The van der Waals surface area contributed by atoms with E-state index in [1.54, 1.807) is 11.8 Å². The molecule has 0 spiro atoms. The van der Waals surface area contributed by atoms with Crippen LogP contribution in [0.4, 0.5) is 0 Å². The molecule has 15 heavy (non-hydrogen) atoms. The summed E-state index contributed by atoms with van der Waals surface area (Å²) in [5.74, 6) is 1.79. The van der Waals surface area contributed by atoms with Crippen molar-refractivity contribution in [2.24, 2.45) is 13.0 Å². The summed E-state index contributed by atoms with van der Waals surface area (Å²) in [6.45, 7) is 6.48. The van der Waals surface area contributed by atoms with Crippen LogP contribution in [0.5, 0.6) is 0 Å². The first-order valence-corrected chi connectivity index (χ1v) is 6.34. The van der Waals surface area contributed by atoms with Crippen molar-refractivity contribution >= 4 is 11.8 Å². The topological polar surface area (TPSA) is 38.1 Å². The largest absolute Gasteiger partial charge is 0.392 e. The van der Waals surface area contributed by atoms with Crippen LogP contribution >= 0.6 is 11.8 Å². The third kappa shape index (κ3) is 2.98. The number of aryl methyl sites for hydroxylation is 2. The summed E-state index contributed by atoms with van der Waals surface area (Å²) >= 11 is 1.79. The molecule has 1 aromatic rings. The molecule has 1 rings (SSSR count). The SMILES string of the molecule is CCC(C)CSc1c(CO)c(C)nn1C. The van der Waals surface area contributed by atoms with E-state index < -0.39 is 0 Å². The average Bonchev–Trinajstić information content (AvgIpc) is 2.49. The zero-order chi connectivity index (χ0) is 11.4. The van der Waals surface area contributed by atoms with Gasteiger partial charge in [0.25, 0.3) is 0 Å². The van der Waals surface area contributed by atoms with Crippen molar-refractivity contribution in [2.75, 3.05) is 5.75 Å². The molecule has 0 saturated heterocycles. The molecule has 1 N–H and O–H groups in total. The predicted octanol–water partition coefficient (Wildman–Crippen LogP) is 2.36. The molecule has 0 aliphatic rings. The summed E-state index contributed by atoms with van der Waals surface area (Å²) in [6.07, 6.45) is 1.19. The van der Waals surface area contributed by atoms with Gasteiger partial charge in [-0.15, -0.1) is 11.8 Å². The molecule has 1 unspecified atom stereocenters. The first-order valence-electron chi connectivity index (χ1n) is 5.36. The number of aliphatic hydroxyl groups is 1. The second-order valence-corrected chi connectivity index (χ2v) is 4.98. The molecule has 1 aromatic heterocycles. The van der Waals surface area contributed by atoms with Gasteiger partial charge in [-0.2, -0.15) is 5.10 Å². The smallest absolute Gasteiger partial charge is 0.0994 e. The van der Waals surface area contributed by atoms with E-state index in [1.807, 2.05) is 18.7 Å². The number of aromatic nitrogens is 2. The van der Waals surface area contributed by atoms with Crippen LogP contribution in [0.25, 0.3) is 0 Å². The normalized spacial score (nSPS) is 13.1. The second-order valence-electron chi connectivity index (χ2n) is 3.98. The third-order valence-electron chi connectivity index (χ3n) is 2.65. The van der Waals surface area contributed by atoms with E-state index in [4.69, 9.17) is 0 Å². The average molecular weight is 228 g/mol. The van der Waals surface area contributed by atoms with Gasteiger partial charge in [0.2, 0.25) is 0 Å². The highest BCUT2D eigenvalue weighted by molar-refractivity contribution is 7.99. The van der Waals surface area contributed by atoms with Gasteiger partial charge in [-0.1, -0.05) is 20.3 Å². The van der Waals surface area contributed by atoms with Crippen molar-refractivity contribution in [3.63, 3.8) is 0 Å². The van der Waals surface area contributed by atoms with E-state index >= 15 is 0 Å². The van der Waals surface area contributed by atoms with Crippen molar-refractivity contribution in [2.45, 2.75) is 38.8 Å². The Bertz CT molecular complexity index is 323. The lowest BCUT2D eigenvalue weighted by Gasteiger charge is -2.09. The number of hydrogen-bond donors (Lipinski definition) is 1. The van der Waals surface area contributed by atoms with Crippen molar-refractivity contribution in [1.29, 1.82) is 0 Å². The van der Waals surface area contributed by atoms with Gasteiger partial charge in [0.15, 0.2) is 0 Å². The fourth-order valence-corrected chi connectivity index (χ4v) is 2.67. The Morgan fingerprint density at radius 1 is 1.53 bits per heavy atom. The highest BCUT2D eigenvalue weighted by atomic mass is 32.2. The van der Waals surface area contributed by atoms with Gasteiger partial charge in [-0.25, -0.2) is 0 Å². The molecule has 0 amide bonds. The highest BCUT2D eigenvalue weighted by Gasteiger charge is 2.13. The van der Waals surface area contributed by atoms with Gasteiger partial charge in [0, 0.05) is 18.4 Å². The highest BCUT2D eigenvalue weighted by Crippen LogP contribution is 2.27. The molecule has 0 aliphatic carbocycles. The Kier molecular flexibility index (Phi) is 4.67. The Hall–Kier alpha value is -0.480. The molecule has 0 fully saturated rings. The van der Waals surface area contributed by atoms with Crippen molar-refractivity contribution in [3.05, 3.63) is 11.3 Å². The minimum Gasteiger partial charge on any atom is -0.392 e. The Morgan fingerprint density at radius 3 is 2.73 bits per heavy atom. The maximum absolute atomic E-state index is 9.27. The lowest BCUT2D eigenvalue weighted by atomic mass is 10.2. The second kappa shape index (κ2) is 5.56. The van der Waals surface area contributed by atoms with Crippen LogP contribution in [0, 0.1) is 12.8 Å². The standard InChI is InChI=1S/C11H20N2OS/c1-5-8(2)7-15-11-10(6-14)9(3)12-13(11)4/h8,14H,5-7H2,1-4H3. The lowest BCUT2D eigenvalue weighted by Crippen LogP contribution is -2.00. The van der Waals surface area contributed by atoms with E-state index in [1.165, 1.54) is 6.42 Å². The van der Waals surface area contributed by atoms with E-state index in [9.17, 15) is 5.11 Å². The molecule has 0 bridgehead atoms. The number of aliphatic hydroxyl groups excluding tert-OH is 1. The van der Waals surface area contributed by atoms with Crippen LogP contribution < -0.4 is 0 Å². The molecule has 86 valence electrons. The minimum atomic E-state index is 0.0858. The molecule has 1 heterocycles. The minimum absolute atomic E-state index is 0.0858. The van der Waals surface area contributed by atoms with Crippen LogP contribution in [-0.4, -0.2) is 20.6 Å². The number of nitrogens with zero attached hydrogens (tertiary/aromatic N) is 2. The summed E-state index contributed by atoms with van der Waals surface area (Å²) in [4.78, 5) is 0. The van der Waals surface area contributed by atoms with E-state index in [2.05, 4.69) is 18.9 Å². The van der Waals surface area contributed by atoms with Crippen molar-refractivity contribution < 1.29 is 5.11 Å². The van der Waals surface area contributed by atoms with E-state index in [0.29, 0.717) is 5.92 Å². The number of hydrogen-bond acceptors (Lipinski definition) is 3. The lowest BCUT2D eigenvalue weighted by molar-refractivity contribution is 0.277. The molecule has 4 heteroatoms. The fourth-order valence-electron chi connectivity index (χ4n) is 1.38. The zero-order valence-corrected chi connectivity index (χ0v) is 10.8. The predicted molar refractivity (Wildman–Crippen MR) is 64.0 cm³/mol. The summed E-state index contributed by atoms with van der Waals surface area (Å²) in [5.41, 5.74) is 1.91. The number of rotatable bonds is 5. The third-order valence-corrected chi connectivity index (χ3v) is 4.17. The Labute approximate surface area is 95.9 Å². The monoisotopic (exact) mass is 228 g/mol. The van der Waals surface area contributed by atoms with E-state index in [-0.39, 0.29) is 6.61 Å². The first kappa shape index (κ1) is 12.6. The summed E-state index contributed by atoms with van der Waals surface area (Å²) < 4.78 is 1.87. The van der Waals surface area contributed by atoms with Crippen molar-refractivity contribution in [3.8, 4) is 0 Å². The maximum Gasteiger partial charge on any atom is 0.0994 e. The quantitative estimate of drug-likeness (QED) is 0.786. The van der Waals surface area contributed by atoms with Crippen LogP contribution in [0.1, 0.15) is 31.5 Å². The summed E-state index contributed by atoms with van der Waals surface area (Å²) in [6, 6.07) is 0. The van der Waals surface area contributed by atoms with Gasteiger partial charge < -0.3 is 5.11 Å². The van der Waals surface area contributed by atoms with E-state index in [0.717, 1.165) is 22.0 Å². The molecular formula is C11H20N2OS. The molecular weight excluding hydrogens is 208 g/mol. The van der Waals surface area contributed by atoms with Gasteiger partial charge >= 0.3 is 0 Å². The van der Waals surface area contributed by atoms with Crippen LogP contribution in [-0.2, 0) is 13.7 Å². The van der Waals surface area contributed by atoms with Crippen LogP contribution in [0.2, 0.25) is 0 Å². The maximum atomic E-state index is 9.27. The fraction of sp³-hybridized carbons (Fsp3) is 0.727. The summed E-state index contributed by atoms with van der Waals surface area (Å²) in [7, 11) is 1.94. The molecule has 0 radical (unpaired) electrons. The van der Waals surface area contributed by atoms with Gasteiger partial charge in [0.05, 0.1) is 17.3 Å². The molecule has 1 atom stereocenters. The Morgan fingerprint density at radius 2 is 2.20 bits per heavy atom.